The van der Waals surface area contributed by atoms with Crippen LogP contribution in [-0.2, 0) is 16.1 Å². The van der Waals surface area contributed by atoms with E-state index in [0.717, 1.165) is 69.0 Å². The summed E-state index contributed by atoms with van der Waals surface area (Å²) in [5.74, 6) is -0.791. The number of halogens is 2. The number of piperazine rings is 1. The Hall–Kier alpha value is -6.93. The van der Waals surface area contributed by atoms with Crippen molar-refractivity contribution < 1.29 is 27.9 Å². The summed E-state index contributed by atoms with van der Waals surface area (Å²) < 4.78 is 36.4. The van der Waals surface area contributed by atoms with Gasteiger partial charge in [-0.2, -0.15) is 5.26 Å². The van der Waals surface area contributed by atoms with Crippen molar-refractivity contribution in [2.45, 2.75) is 63.8 Å². The van der Waals surface area contributed by atoms with E-state index in [0.29, 0.717) is 54.4 Å². The number of hydrogen-bond donors (Lipinski definition) is 1. The van der Waals surface area contributed by atoms with Crippen LogP contribution >= 0.6 is 0 Å². The van der Waals surface area contributed by atoms with Crippen molar-refractivity contribution in [2.24, 2.45) is 5.92 Å². The van der Waals surface area contributed by atoms with E-state index in [-0.39, 0.29) is 53.3 Å². The lowest BCUT2D eigenvalue weighted by Crippen LogP contribution is -2.53. The first-order chi connectivity index (χ1) is 31.5. The Balaban J connectivity index is 0.744. The SMILES string of the molecule is C[C@H]1CN(CC2CCN(c3ccc4c(c3)CN([C@H]3CCC(=O)NC3=O)C4=O)CC2)CCN1c1ccc(-n2cnc3ccc(Oc4c(F)ccc(N5CC[C@@H](F)C5)c4C#N)cc3c2=O)nc1. The summed E-state index contributed by atoms with van der Waals surface area (Å²) in [6.45, 7) is 8.61. The molecule has 17 heteroatoms. The molecule has 65 heavy (non-hydrogen) atoms. The molecule has 0 saturated carbocycles. The maximum atomic E-state index is 15.1. The summed E-state index contributed by atoms with van der Waals surface area (Å²) >= 11 is 0. The summed E-state index contributed by atoms with van der Waals surface area (Å²) in [7, 11) is 0. The molecule has 334 valence electrons. The molecule has 5 aliphatic heterocycles. The number of anilines is 3. The van der Waals surface area contributed by atoms with Crippen LogP contribution in [0.2, 0.25) is 0 Å². The minimum absolute atomic E-state index is 0.0438. The number of rotatable bonds is 9. The lowest BCUT2D eigenvalue weighted by Gasteiger charge is -2.43. The Kier molecular flexibility index (Phi) is 11.1. The molecular weight excluding hydrogens is 835 g/mol. The van der Waals surface area contributed by atoms with Crippen LogP contribution in [0, 0.1) is 23.1 Å². The lowest BCUT2D eigenvalue weighted by atomic mass is 9.95. The molecule has 2 aromatic heterocycles. The second-order valence-corrected chi connectivity index (χ2v) is 17.8. The number of fused-ring (bicyclic) bond motifs is 2. The normalized spacial score (nSPS) is 21.8. The number of hydrogen-bond acceptors (Lipinski definition) is 12. The van der Waals surface area contributed by atoms with E-state index in [2.05, 4.69) is 43.0 Å². The van der Waals surface area contributed by atoms with Crippen molar-refractivity contribution in [3.05, 3.63) is 106 Å². The largest absolute Gasteiger partial charge is 0.453 e. The van der Waals surface area contributed by atoms with E-state index < -0.39 is 29.5 Å². The molecule has 0 bridgehead atoms. The number of aromatic nitrogens is 3. The summed E-state index contributed by atoms with van der Waals surface area (Å²) in [6, 6.07) is 18.7. The summed E-state index contributed by atoms with van der Waals surface area (Å²) in [6.07, 6.45) is 5.20. The van der Waals surface area contributed by atoms with Crippen LogP contribution in [0.1, 0.15) is 60.5 Å². The second-order valence-electron chi connectivity index (χ2n) is 17.8. The quantitative estimate of drug-likeness (QED) is 0.190. The molecule has 0 aliphatic carbocycles. The maximum absolute atomic E-state index is 15.1. The van der Waals surface area contributed by atoms with Gasteiger partial charge >= 0.3 is 0 Å². The topological polar surface area (TPSA) is 160 Å². The third kappa shape index (κ3) is 8.11. The Morgan fingerprint density at radius 2 is 1.68 bits per heavy atom. The van der Waals surface area contributed by atoms with Crippen LogP contribution in [0.15, 0.2) is 78.0 Å². The number of amides is 3. The van der Waals surface area contributed by atoms with Crippen LogP contribution in [0.5, 0.6) is 11.5 Å². The van der Waals surface area contributed by atoms with Gasteiger partial charge in [-0.25, -0.2) is 18.7 Å². The first-order valence-electron chi connectivity index (χ1n) is 22.3. The monoisotopic (exact) mass is 882 g/mol. The van der Waals surface area contributed by atoms with Crippen molar-refractivity contribution in [1.29, 1.82) is 5.26 Å². The van der Waals surface area contributed by atoms with E-state index in [9.17, 15) is 28.8 Å². The van der Waals surface area contributed by atoms with Gasteiger partial charge in [-0.15, -0.1) is 0 Å². The zero-order valence-corrected chi connectivity index (χ0v) is 36.0. The van der Waals surface area contributed by atoms with Gasteiger partial charge < -0.3 is 24.3 Å². The molecule has 1 N–H and O–H groups in total. The number of pyridine rings is 1. The van der Waals surface area contributed by atoms with Gasteiger partial charge in [-0.1, -0.05) is 0 Å². The molecule has 7 heterocycles. The maximum Gasteiger partial charge on any atom is 0.267 e. The van der Waals surface area contributed by atoms with Crippen LogP contribution in [0.3, 0.4) is 0 Å². The first kappa shape index (κ1) is 42.0. The number of nitriles is 1. The van der Waals surface area contributed by atoms with Gasteiger partial charge in [-0.3, -0.25) is 34.0 Å². The Bertz CT molecular complexity index is 2810. The standard InChI is InChI=1S/C48H48F2N10O5/c1-29-24-55(25-30-12-15-56(16-13-30)33-2-5-36-31(20-33)26-59(47(36)63)42-9-11-44(61)54-46(42)62)18-19-58(29)34-3-10-43(52-23-34)60-28-53-40-7-4-35(21-37(40)48(60)64)65-45-38(22-51)41(8-6-39(45)50)57-17-14-32(49)27-57/h2-8,10,20-21,23,28-30,32,42H,9,11-19,24-27H2,1H3,(H,54,61,62)/t29-,32+,42-/m0/s1. The van der Waals surface area contributed by atoms with Crippen molar-refractivity contribution >= 4 is 45.7 Å². The van der Waals surface area contributed by atoms with Crippen LogP contribution < -0.4 is 30.3 Å². The highest BCUT2D eigenvalue weighted by molar-refractivity contribution is 6.05. The fourth-order valence-electron chi connectivity index (χ4n) is 10.2. The molecule has 4 saturated heterocycles. The number of nitrogens with zero attached hydrogens (tertiary/aromatic N) is 9. The van der Waals surface area contributed by atoms with Gasteiger partial charge in [-0.05, 0) is 105 Å². The van der Waals surface area contributed by atoms with E-state index >= 15 is 4.39 Å². The first-order valence-corrected chi connectivity index (χ1v) is 22.3. The molecule has 10 rings (SSSR count). The lowest BCUT2D eigenvalue weighted by molar-refractivity contribution is -0.136. The Morgan fingerprint density at radius 3 is 2.42 bits per heavy atom. The Labute approximate surface area is 373 Å². The van der Waals surface area contributed by atoms with Crippen molar-refractivity contribution in [3.8, 4) is 23.4 Å². The number of piperidine rings is 2. The van der Waals surface area contributed by atoms with E-state index in [4.69, 9.17) is 4.74 Å². The van der Waals surface area contributed by atoms with E-state index in [1.165, 1.54) is 29.1 Å². The molecule has 0 radical (unpaired) electrons. The number of alkyl halides is 1. The van der Waals surface area contributed by atoms with Crippen LogP contribution in [-0.4, -0.2) is 113 Å². The Morgan fingerprint density at radius 1 is 0.862 bits per heavy atom. The molecule has 0 spiro atoms. The van der Waals surface area contributed by atoms with Gasteiger partial charge in [0.1, 0.15) is 41.7 Å². The summed E-state index contributed by atoms with van der Waals surface area (Å²) in [5.41, 5.74) is 3.96. The predicted octanol–water partition coefficient (Wildman–Crippen LogP) is 5.32. The van der Waals surface area contributed by atoms with Gasteiger partial charge in [0.15, 0.2) is 11.6 Å². The molecule has 3 atom stereocenters. The third-order valence-electron chi connectivity index (χ3n) is 13.6. The molecular formula is C48H48F2N10O5. The molecule has 5 aliphatic rings. The molecule has 15 nitrogen and oxygen atoms in total. The van der Waals surface area contributed by atoms with E-state index in [1.54, 1.807) is 34.2 Å². The van der Waals surface area contributed by atoms with Gasteiger partial charge in [0.2, 0.25) is 11.8 Å². The molecule has 3 amide bonds. The van der Waals surface area contributed by atoms with Crippen molar-refractivity contribution in [1.82, 2.24) is 29.7 Å². The number of benzene rings is 3. The van der Waals surface area contributed by atoms with E-state index in [1.807, 2.05) is 24.3 Å². The highest BCUT2D eigenvalue weighted by Crippen LogP contribution is 2.37. The number of ether oxygens (including phenoxy) is 1. The zero-order chi connectivity index (χ0) is 44.9. The highest BCUT2D eigenvalue weighted by atomic mass is 19.1. The van der Waals surface area contributed by atoms with Crippen LogP contribution in [0.4, 0.5) is 25.8 Å². The molecule has 3 aromatic carbocycles. The highest BCUT2D eigenvalue weighted by Gasteiger charge is 2.39. The van der Waals surface area contributed by atoms with Crippen LogP contribution in [0.25, 0.3) is 16.7 Å². The number of imide groups is 1. The smallest absolute Gasteiger partial charge is 0.267 e. The molecule has 5 aromatic rings. The number of carbonyl (C=O) groups excluding carboxylic acids is 3. The molecule has 0 unspecified atom stereocenters. The average molecular weight is 883 g/mol. The third-order valence-corrected chi connectivity index (χ3v) is 13.6. The number of carbonyl (C=O) groups is 3. The van der Waals surface area contributed by atoms with Gasteiger partial charge in [0, 0.05) is 82.6 Å². The predicted molar refractivity (Wildman–Crippen MR) is 239 cm³/mol. The van der Waals surface area contributed by atoms with Gasteiger partial charge in [0.05, 0.1) is 28.5 Å². The summed E-state index contributed by atoms with van der Waals surface area (Å²) in [5, 5.41) is 12.6. The zero-order valence-electron chi connectivity index (χ0n) is 36.0. The van der Waals surface area contributed by atoms with Gasteiger partial charge in [0.25, 0.3) is 11.5 Å². The van der Waals surface area contributed by atoms with Crippen molar-refractivity contribution in [3.63, 3.8) is 0 Å². The summed E-state index contributed by atoms with van der Waals surface area (Å²) in [4.78, 5) is 70.9. The van der Waals surface area contributed by atoms with Crippen molar-refractivity contribution in [2.75, 3.05) is 67.1 Å². The second kappa shape index (κ2) is 17.2. The fraction of sp³-hybridized carbons (Fsp3) is 0.396. The fourth-order valence-corrected chi connectivity index (χ4v) is 10.2. The minimum Gasteiger partial charge on any atom is -0.453 e. The molecule has 4 fully saturated rings. The minimum atomic E-state index is -1.03. The average Bonchev–Trinajstić information content (AvgIpc) is 3.89. The number of nitrogens with one attached hydrogen (secondary N) is 1.